The zero-order chi connectivity index (χ0) is 13.1. The minimum absolute atomic E-state index is 0.0314. The van der Waals surface area contributed by atoms with Gasteiger partial charge in [-0.1, -0.05) is 15.9 Å². The first-order chi connectivity index (χ1) is 8.61. The van der Waals surface area contributed by atoms with E-state index in [-0.39, 0.29) is 5.78 Å². The number of benzene rings is 1. The van der Waals surface area contributed by atoms with Crippen LogP contribution in [0.25, 0.3) is 0 Å². The third kappa shape index (κ3) is 2.61. The molecule has 4 nitrogen and oxygen atoms in total. The minimum atomic E-state index is 0.0314. The third-order valence-corrected chi connectivity index (χ3v) is 3.48. The Morgan fingerprint density at radius 3 is 2.83 bits per heavy atom. The zero-order valence-corrected chi connectivity index (χ0v) is 11.8. The maximum Gasteiger partial charge on any atom is 0.185 e. The molecule has 0 amide bonds. The van der Waals surface area contributed by atoms with Gasteiger partial charge in [-0.3, -0.25) is 9.48 Å². The Labute approximate surface area is 114 Å². The van der Waals surface area contributed by atoms with Crippen molar-refractivity contribution in [3.63, 3.8) is 0 Å². The molecule has 0 unspecified atom stereocenters. The van der Waals surface area contributed by atoms with Crippen molar-refractivity contribution in [1.29, 1.82) is 0 Å². The van der Waals surface area contributed by atoms with Gasteiger partial charge in [0.2, 0.25) is 0 Å². The second-order valence-corrected chi connectivity index (χ2v) is 4.75. The van der Waals surface area contributed by atoms with Crippen LogP contribution in [0.2, 0.25) is 0 Å². The summed E-state index contributed by atoms with van der Waals surface area (Å²) in [4.78, 5) is 12.1. The van der Waals surface area contributed by atoms with Crippen LogP contribution in [0.4, 0.5) is 0 Å². The molecule has 0 aliphatic rings. The average Bonchev–Trinajstić information content (AvgIpc) is 2.78. The molecule has 0 N–H and O–H groups in total. The zero-order valence-electron chi connectivity index (χ0n) is 10.2. The second kappa shape index (κ2) is 5.35. The van der Waals surface area contributed by atoms with Gasteiger partial charge in [-0.15, -0.1) is 0 Å². The van der Waals surface area contributed by atoms with Gasteiger partial charge in [-0.25, -0.2) is 0 Å². The summed E-state index contributed by atoms with van der Waals surface area (Å²) in [6.45, 7) is 0. The first-order valence-corrected chi connectivity index (χ1v) is 6.24. The SMILES string of the molecule is COc1ccc(Br)c(CC(=O)c2ccnn2C)c1. The highest BCUT2D eigenvalue weighted by Gasteiger charge is 2.13. The van der Waals surface area contributed by atoms with Crippen molar-refractivity contribution < 1.29 is 9.53 Å². The fourth-order valence-electron chi connectivity index (χ4n) is 1.72. The number of hydrogen-bond acceptors (Lipinski definition) is 3. The Hall–Kier alpha value is -1.62. The number of ketones is 1. The molecule has 0 radical (unpaired) electrons. The summed E-state index contributed by atoms with van der Waals surface area (Å²) in [5.74, 6) is 0.773. The lowest BCUT2D eigenvalue weighted by atomic mass is 10.1. The summed E-state index contributed by atoms with van der Waals surface area (Å²) in [6, 6.07) is 7.31. The van der Waals surface area contributed by atoms with E-state index in [9.17, 15) is 4.79 Å². The fourth-order valence-corrected chi connectivity index (χ4v) is 2.11. The molecule has 5 heteroatoms. The molecule has 1 heterocycles. The highest BCUT2D eigenvalue weighted by molar-refractivity contribution is 9.10. The molecule has 0 fully saturated rings. The molecule has 0 atom stereocenters. The summed E-state index contributed by atoms with van der Waals surface area (Å²) in [5, 5.41) is 3.99. The molecule has 0 saturated heterocycles. The Morgan fingerprint density at radius 1 is 1.44 bits per heavy atom. The number of aryl methyl sites for hydroxylation is 1. The van der Waals surface area contributed by atoms with Crippen molar-refractivity contribution in [2.75, 3.05) is 7.11 Å². The van der Waals surface area contributed by atoms with Crippen molar-refractivity contribution >= 4 is 21.7 Å². The Bertz CT molecular complexity index is 578. The van der Waals surface area contributed by atoms with Gasteiger partial charge in [-0.05, 0) is 29.8 Å². The first-order valence-electron chi connectivity index (χ1n) is 5.45. The normalized spacial score (nSPS) is 10.4. The van der Waals surface area contributed by atoms with E-state index in [1.807, 2.05) is 18.2 Å². The predicted octanol–water partition coefficient (Wildman–Crippen LogP) is 2.62. The number of ether oxygens (including phenoxy) is 1. The number of aromatic nitrogens is 2. The minimum Gasteiger partial charge on any atom is -0.497 e. The van der Waals surface area contributed by atoms with E-state index in [1.54, 1.807) is 31.1 Å². The van der Waals surface area contributed by atoms with Crippen LogP contribution in [-0.4, -0.2) is 22.7 Å². The van der Waals surface area contributed by atoms with Crippen LogP contribution in [0.1, 0.15) is 16.1 Å². The quantitative estimate of drug-likeness (QED) is 0.816. The van der Waals surface area contributed by atoms with Gasteiger partial charge in [0.1, 0.15) is 11.4 Å². The van der Waals surface area contributed by atoms with Crippen LogP contribution in [0, 0.1) is 0 Å². The summed E-state index contributed by atoms with van der Waals surface area (Å²) >= 11 is 3.44. The van der Waals surface area contributed by atoms with Crippen LogP contribution < -0.4 is 4.74 Å². The number of carbonyl (C=O) groups excluding carboxylic acids is 1. The molecule has 2 rings (SSSR count). The smallest absolute Gasteiger partial charge is 0.185 e. The van der Waals surface area contributed by atoms with Crippen LogP contribution in [-0.2, 0) is 13.5 Å². The largest absolute Gasteiger partial charge is 0.497 e. The monoisotopic (exact) mass is 308 g/mol. The lowest BCUT2D eigenvalue weighted by molar-refractivity contribution is 0.0984. The van der Waals surface area contributed by atoms with Crippen molar-refractivity contribution in [3.8, 4) is 5.75 Å². The highest BCUT2D eigenvalue weighted by atomic mass is 79.9. The van der Waals surface area contributed by atoms with Gasteiger partial charge in [0, 0.05) is 24.1 Å². The predicted molar refractivity (Wildman–Crippen MR) is 71.9 cm³/mol. The van der Waals surface area contributed by atoms with E-state index in [0.29, 0.717) is 12.1 Å². The number of rotatable bonds is 4. The van der Waals surface area contributed by atoms with Gasteiger partial charge >= 0.3 is 0 Å². The number of nitrogens with zero attached hydrogens (tertiary/aromatic N) is 2. The van der Waals surface area contributed by atoms with Crippen molar-refractivity contribution in [1.82, 2.24) is 9.78 Å². The molecule has 0 aliphatic heterocycles. The van der Waals surface area contributed by atoms with E-state index in [0.717, 1.165) is 15.8 Å². The van der Waals surface area contributed by atoms with Crippen LogP contribution >= 0.6 is 15.9 Å². The van der Waals surface area contributed by atoms with Gasteiger partial charge in [0.25, 0.3) is 0 Å². The summed E-state index contributed by atoms with van der Waals surface area (Å²) < 4.78 is 7.64. The molecule has 0 spiro atoms. The molecular formula is C13H13BrN2O2. The lowest BCUT2D eigenvalue weighted by Gasteiger charge is -2.07. The average molecular weight is 309 g/mol. The van der Waals surface area contributed by atoms with Crippen LogP contribution in [0.3, 0.4) is 0 Å². The molecule has 94 valence electrons. The maximum absolute atomic E-state index is 12.1. The fraction of sp³-hybridized carbons (Fsp3) is 0.231. The van der Waals surface area contributed by atoms with E-state index < -0.39 is 0 Å². The van der Waals surface area contributed by atoms with Gasteiger partial charge in [0.15, 0.2) is 5.78 Å². The lowest BCUT2D eigenvalue weighted by Crippen LogP contribution is -2.10. The highest BCUT2D eigenvalue weighted by Crippen LogP contribution is 2.23. The molecule has 2 aromatic rings. The number of Topliss-reactive ketones (excluding diaryl/α,β-unsaturated/α-hetero) is 1. The van der Waals surface area contributed by atoms with Gasteiger partial charge < -0.3 is 4.74 Å². The number of methoxy groups -OCH3 is 1. The summed E-state index contributed by atoms with van der Waals surface area (Å²) in [6.07, 6.45) is 1.94. The molecule has 0 aliphatic carbocycles. The Morgan fingerprint density at radius 2 is 2.22 bits per heavy atom. The van der Waals surface area contributed by atoms with Crippen molar-refractivity contribution in [2.24, 2.45) is 7.05 Å². The third-order valence-electron chi connectivity index (χ3n) is 2.71. The summed E-state index contributed by atoms with van der Waals surface area (Å²) in [5.41, 5.74) is 1.50. The summed E-state index contributed by atoms with van der Waals surface area (Å²) in [7, 11) is 3.36. The van der Waals surface area contributed by atoms with Crippen LogP contribution in [0.15, 0.2) is 34.9 Å². The van der Waals surface area contributed by atoms with E-state index in [4.69, 9.17) is 4.74 Å². The standard InChI is InChI=1S/C13H13BrN2O2/c1-16-12(5-6-15-16)13(17)8-9-7-10(18-2)3-4-11(9)14/h3-7H,8H2,1-2H3. The van der Waals surface area contributed by atoms with Crippen LogP contribution in [0.5, 0.6) is 5.75 Å². The molecular weight excluding hydrogens is 296 g/mol. The topological polar surface area (TPSA) is 44.1 Å². The molecule has 18 heavy (non-hydrogen) atoms. The molecule has 0 saturated carbocycles. The molecule has 1 aromatic carbocycles. The first kappa shape index (κ1) is 12.8. The number of halogens is 1. The van der Waals surface area contributed by atoms with E-state index in [1.165, 1.54) is 0 Å². The Kier molecular flexibility index (Phi) is 3.81. The maximum atomic E-state index is 12.1. The van der Waals surface area contributed by atoms with Crippen molar-refractivity contribution in [2.45, 2.75) is 6.42 Å². The molecule has 1 aromatic heterocycles. The second-order valence-electron chi connectivity index (χ2n) is 3.90. The van der Waals surface area contributed by atoms with Crippen molar-refractivity contribution in [3.05, 3.63) is 46.2 Å². The molecule has 0 bridgehead atoms. The number of hydrogen-bond donors (Lipinski definition) is 0. The van der Waals surface area contributed by atoms with E-state index >= 15 is 0 Å². The Balaban J connectivity index is 2.24. The van der Waals surface area contributed by atoms with Gasteiger partial charge in [0.05, 0.1) is 7.11 Å². The number of carbonyl (C=O) groups is 1. The van der Waals surface area contributed by atoms with E-state index in [2.05, 4.69) is 21.0 Å². The van der Waals surface area contributed by atoms with Gasteiger partial charge in [-0.2, -0.15) is 5.10 Å².